The molecule has 0 saturated carbocycles. The van der Waals surface area contributed by atoms with Crippen LogP contribution in [-0.2, 0) is 21.8 Å². The Morgan fingerprint density at radius 3 is 2.50 bits per heavy atom. The Morgan fingerprint density at radius 1 is 1.11 bits per heavy atom. The summed E-state index contributed by atoms with van der Waals surface area (Å²) in [6.45, 7) is 2.11. The Morgan fingerprint density at radius 2 is 1.82 bits per heavy atom. The maximum atomic E-state index is 12.2. The van der Waals surface area contributed by atoms with Crippen molar-refractivity contribution in [2.75, 3.05) is 12.4 Å². The lowest BCUT2D eigenvalue weighted by atomic mass is 10.2. The molecule has 0 atom stereocenters. The van der Waals surface area contributed by atoms with Gasteiger partial charge in [0.2, 0.25) is 11.1 Å². The summed E-state index contributed by atoms with van der Waals surface area (Å²) in [6, 6.07) is 14.8. The van der Waals surface area contributed by atoms with E-state index in [2.05, 4.69) is 51.3 Å². The molecule has 1 aromatic heterocycles. The van der Waals surface area contributed by atoms with Gasteiger partial charge in [-0.1, -0.05) is 41.6 Å². The summed E-state index contributed by atoms with van der Waals surface area (Å²) in [7, 11) is 1.32. The van der Waals surface area contributed by atoms with Crippen LogP contribution in [0.1, 0.15) is 21.5 Å². The summed E-state index contributed by atoms with van der Waals surface area (Å²) in [5, 5.41) is 7.70. The zero-order chi connectivity index (χ0) is 19.9. The van der Waals surface area contributed by atoms with Crippen LogP contribution in [0.3, 0.4) is 0 Å². The standard InChI is InChI=1S/C20H20N4O3S/c1-14-3-5-15(6-4-14)12-28-20-21-13-24(23-20)11-18(25)22-17-9-7-16(8-10-17)19(26)27-2/h3-10,13H,11-12H2,1-2H3,(H,22,25). The molecule has 2 aromatic carbocycles. The lowest BCUT2D eigenvalue weighted by Gasteiger charge is -2.06. The fourth-order valence-electron chi connectivity index (χ4n) is 2.41. The van der Waals surface area contributed by atoms with E-state index in [4.69, 9.17) is 0 Å². The second-order valence-electron chi connectivity index (χ2n) is 6.12. The van der Waals surface area contributed by atoms with Crippen LogP contribution >= 0.6 is 11.8 Å². The van der Waals surface area contributed by atoms with E-state index in [1.54, 1.807) is 24.3 Å². The van der Waals surface area contributed by atoms with Crippen molar-refractivity contribution in [1.29, 1.82) is 0 Å². The van der Waals surface area contributed by atoms with Gasteiger partial charge in [0.05, 0.1) is 12.7 Å². The minimum Gasteiger partial charge on any atom is -0.465 e. The number of methoxy groups -OCH3 is 1. The van der Waals surface area contributed by atoms with Gasteiger partial charge in [0.1, 0.15) is 12.9 Å². The van der Waals surface area contributed by atoms with Gasteiger partial charge in [-0.3, -0.25) is 4.79 Å². The first-order valence-electron chi connectivity index (χ1n) is 8.59. The molecule has 8 heteroatoms. The number of hydrogen-bond acceptors (Lipinski definition) is 6. The molecule has 0 spiro atoms. The van der Waals surface area contributed by atoms with Gasteiger partial charge in [-0.05, 0) is 36.8 Å². The van der Waals surface area contributed by atoms with E-state index in [0.717, 1.165) is 5.75 Å². The van der Waals surface area contributed by atoms with Crippen molar-refractivity contribution < 1.29 is 14.3 Å². The molecule has 0 aliphatic rings. The van der Waals surface area contributed by atoms with Crippen LogP contribution in [0.4, 0.5) is 5.69 Å². The number of benzene rings is 2. The smallest absolute Gasteiger partial charge is 0.337 e. The van der Waals surface area contributed by atoms with Crippen molar-refractivity contribution in [3.8, 4) is 0 Å². The van der Waals surface area contributed by atoms with Crippen LogP contribution in [0.25, 0.3) is 0 Å². The number of amides is 1. The van der Waals surface area contributed by atoms with E-state index in [1.807, 2.05) is 0 Å². The van der Waals surface area contributed by atoms with E-state index in [-0.39, 0.29) is 12.5 Å². The van der Waals surface area contributed by atoms with E-state index in [0.29, 0.717) is 16.4 Å². The number of hydrogen-bond donors (Lipinski definition) is 1. The van der Waals surface area contributed by atoms with Crippen LogP contribution < -0.4 is 5.32 Å². The highest BCUT2D eigenvalue weighted by Gasteiger charge is 2.09. The van der Waals surface area contributed by atoms with Gasteiger partial charge in [0.15, 0.2) is 0 Å². The van der Waals surface area contributed by atoms with Crippen molar-refractivity contribution in [3.63, 3.8) is 0 Å². The monoisotopic (exact) mass is 396 g/mol. The Bertz CT molecular complexity index is 952. The molecule has 1 heterocycles. The molecule has 0 radical (unpaired) electrons. The molecule has 3 aromatic rings. The highest BCUT2D eigenvalue weighted by Crippen LogP contribution is 2.19. The van der Waals surface area contributed by atoms with Crippen molar-refractivity contribution in [3.05, 3.63) is 71.5 Å². The molecule has 0 fully saturated rings. The molecule has 1 amide bonds. The predicted octanol–water partition coefficient (Wildman–Crippen LogP) is 3.30. The molecule has 1 N–H and O–H groups in total. The topological polar surface area (TPSA) is 86.1 Å². The minimum atomic E-state index is -0.420. The third-order valence-corrected chi connectivity index (χ3v) is 4.82. The zero-order valence-corrected chi connectivity index (χ0v) is 16.4. The van der Waals surface area contributed by atoms with Crippen molar-refractivity contribution >= 4 is 29.3 Å². The fourth-order valence-corrected chi connectivity index (χ4v) is 3.18. The second kappa shape index (κ2) is 9.18. The van der Waals surface area contributed by atoms with Gasteiger partial charge in [-0.15, -0.1) is 5.10 Å². The average Bonchev–Trinajstić information content (AvgIpc) is 3.14. The van der Waals surface area contributed by atoms with E-state index in [9.17, 15) is 9.59 Å². The molecule has 0 unspecified atom stereocenters. The number of nitrogens with one attached hydrogen (secondary N) is 1. The second-order valence-corrected chi connectivity index (χ2v) is 7.06. The maximum Gasteiger partial charge on any atom is 0.337 e. The van der Waals surface area contributed by atoms with Crippen LogP contribution in [0.5, 0.6) is 0 Å². The van der Waals surface area contributed by atoms with Crippen molar-refractivity contribution in [2.24, 2.45) is 0 Å². The van der Waals surface area contributed by atoms with Gasteiger partial charge < -0.3 is 10.1 Å². The van der Waals surface area contributed by atoms with Crippen LogP contribution in [0.2, 0.25) is 0 Å². The molecular weight excluding hydrogens is 376 g/mol. The highest BCUT2D eigenvalue weighted by atomic mass is 32.2. The fraction of sp³-hybridized carbons (Fsp3) is 0.200. The number of nitrogens with zero attached hydrogens (tertiary/aromatic N) is 3. The van der Waals surface area contributed by atoms with Gasteiger partial charge >= 0.3 is 5.97 Å². The summed E-state index contributed by atoms with van der Waals surface area (Å²) in [6.07, 6.45) is 1.54. The lowest BCUT2D eigenvalue weighted by molar-refractivity contribution is -0.116. The van der Waals surface area contributed by atoms with Crippen LogP contribution in [0.15, 0.2) is 60.0 Å². The number of thioether (sulfide) groups is 1. The number of aromatic nitrogens is 3. The first-order chi connectivity index (χ1) is 13.5. The number of carbonyl (C=O) groups excluding carboxylic acids is 2. The molecule has 0 bridgehead atoms. The first kappa shape index (κ1) is 19.6. The molecule has 144 valence electrons. The number of aryl methyl sites for hydroxylation is 1. The Balaban J connectivity index is 1.50. The average molecular weight is 396 g/mol. The third kappa shape index (κ3) is 5.43. The largest absolute Gasteiger partial charge is 0.465 e. The highest BCUT2D eigenvalue weighted by molar-refractivity contribution is 7.98. The quantitative estimate of drug-likeness (QED) is 0.487. The number of anilines is 1. The summed E-state index contributed by atoms with van der Waals surface area (Å²) >= 11 is 1.52. The zero-order valence-electron chi connectivity index (χ0n) is 15.6. The Hall–Kier alpha value is -3.13. The maximum absolute atomic E-state index is 12.2. The number of esters is 1. The Labute approximate surface area is 167 Å². The predicted molar refractivity (Wildman–Crippen MR) is 107 cm³/mol. The number of rotatable bonds is 7. The van der Waals surface area contributed by atoms with Crippen LogP contribution in [-0.4, -0.2) is 33.8 Å². The summed E-state index contributed by atoms with van der Waals surface area (Å²) in [4.78, 5) is 27.8. The third-order valence-electron chi connectivity index (χ3n) is 3.90. The SMILES string of the molecule is COC(=O)c1ccc(NC(=O)Cn2cnc(SCc3ccc(C)cc3)n2)cc1. The molecule has 0 saturated heterocycles. The first-order valence-corrected chi connectivity index (χ1v) is 9.58. The molecule has 0 aliphatic heterocycles. The van der Waals surface area contributed by atoms with Gasteiger partial charge in [0, 0.05) is 11.4 Å². The lowest BCUT2D eigenvalue weighted by Crippen LogP contribution is -2.19. The summed E-state index contributed by atoms with van der Waals surface area (Å²) in [5.41, 5.74) is 3.43. The minimum absolute atomic E-state index is 0.0524. The number of carbonyl (C=O) groups is 2. The van der Waals surface area contributed by atoms with Gasteiger partial charge in [-0.2, -0.15) is 0 Å². The molecule has 3 rings (SSSR count). The van der Waals surface area contributed by atoms with E-state index >= 15 is 0 Å². The normalized spacial score (nSPS) is 10.5. The summed E-state index contributed by atoms with van der Waals surface area (Å²) in [5.74, 6) is 0.116. The Kier molecular flexibility index (Phi) is 6.44. The molecule has 28 heavy (non-hydrogen) atoms. The molecular formula is C20H20N4O3S. The number of ether oxygens (including phenoxy) is 1. The van der Waals surface area contributed by atoms with E-state index < -0.39 is 5.97 Å². The molecule has 7 nitrogen and oxygen atoms in total. The van der Waals surface area contributed by atoms with Crippen molar-refractivity contribution in [2.45, 2.75) is 24.4 Å². The van der Waals surface area contributed by atoms with Gasteiger partial charge in [-0.25, -0.2) is 14.5 Å². The van der Waals surface area contributed by atoms with Crippen molar-refractivity contribution in [1.82, 2.24) is 14.8 Å². The molecule has 0 aliphatic carbocycles. The summed E-state index contributed by atoms with van der Waals surface area (Å²) < 4.78 is 6.14. The van der Waals surface area contributed by atoms with E-state index in [1.165, 1.54) is 41.0 Å². The van der Waals surface area contributed by atoms with Gasteiger partial charge in [0.25, 0.3) is 0 Å². The van der Waals surface area contributed by atoms with Crippen LogP contribution in [0, 0.1) is 6.92 Å².